The van der Waals surface area contributed by atoms with Crippen LogP contribution >= 0.6 is 11.8 Å². The molecule has 0 fully saturated rings. The molecule has 0 radical (unpaired) electrons. The Kier molecular flexibility index (Phi) is 7.75. The molecule has 0 saturated carbocycles. The molecular formula is C15H25NO2S. The van der Waals surface area contributed by atoms with Crippen molar-refractivity contribution in [3.8, 4) is 11.5 Å². The zero-order valence-electron chi connectivity index (χ0n) is 12.4. The lowest BCUT2D eigenvalue weighted by atomic mass is 10.2. The molecular weight excluding hydrogens is 258 g/mol. The molecule has 0 spiro atoms. The fraction of sp³-hybridized carbons (Fsp3) is 0.600. The molecule has 1 N–H and O–H groups in total. The second kappa shape index (κ2) is 9.10. The summed E-state index contributed by atoms with van der Waals surface area (Å²) in [6, 6.07) is 6.60. The topological polar surface area (TPSA) is 30.5 Å². The number of hydrogen-bond donors (Lipinski definition) is 1. The first-order chi connectivity index (χ1) is 9.17. The Labute approximate surface area is 121 Å². The van der Waals surface area contributed by atoms with Crippen LogP contribution in [0.4, 0.5) is 0 Å². The van der Waals surface area contributed by atoms with Gasteiger partial charge in [0, 0.05) is 12.6 Å². The Morgan fingerprint density at radius 2 is 2.05 bits per heavy atom. The molecule has 0 amide bonds. The first kappa shape index (κ1) is 16.2. The minimum Gasteiger partial charge on any atom is -0.493 e. The number of benzene rings is 1. The van der Waals surface area contributed by atoms with Gasteiger partial charge in [-0.2, -0.15) is 11.8 Å². The lowest BCUT2D eigenvalue weighted by Gasteiger charge is -2.13. The summed E-state index contributed by atoms with van der Waals surface area (Å²) in [7, 11) is 1.68. The van der Waals surface area contributed by atoms with Gasteiger partial charge in [0.2, 0.25) is 0 Å². The van der Waals surface area contributed by atoms with E-state index in [9.17, 15) is 0 Å². The molecule has 1 aromatic rings. The van der Waals surface area contributed by atoms with Crippen molar-refractivity contribution in [2.75, 3.05) is 25.7 Å². The highest BCUT2D eigenvalue weighted by Gasteiger charge is 2.06. The number of ether oxygens (including phenoxy) is 2. The van der Waals surface area contributed by atoms with E-state index in [4.69, 9.17) is 9.47 Å². The summed E-state index contributed by atoms with van der Waals surface area (Å²) in [4.78, 5) is 0. The molecule has 0 aromatic heterocycles. The Morgan fingerprint density at radius 3 is 2.68 bits per heavy atom. The van der Waals surface area contributed by atoms with Crippen molar-refractivity contribution in [2.45, 2.75) is 32.9 Å². The number of thioether (sulfide) groups is 1. The maximum atomic E-state index is 5.75. The summed E-state index contributed by atoms with van der Waals surface area (Å²) < 4.78 is 11.1. The van der Waals surface area contributed by atoms with Crippen LogP contribution < -0.4 is 14.8 Å². The SMILES string of the molecule is COc1cc(CNC(C)C)ccc1OCCCSC. The summed E-state index contributed by atoms with van der Waals surface area (Å²) in [6.45, 7) is 5.86. The van der Waals surface area contributed by atoms with Crippen LogP contribution in [-0.2, 0) is 6.54 Å². The maximum Gasteiger partial charge on any atom is 0.161 e. The van der Waals surface area contributed by atoms with Crippen LogP contribution in [0, 0.1) is 0 Å². The quantitative estimate of drug-likeness (QED) is 0.704. The van der Waals surface area contributed by atoms with Gasteiger partial charge in [-0.15, -0.1) is 0 Å². The molecule has 3 nitrogen and oxygen atoms in total. The Bertz CT molecular complexity index is 369. The molecule has 0 saturated heterocycles. The van der Waals surface area contributed by atoms with Crippen LogP contribution in [0.25, 0.3) is 0 Å². The molecule has 0 atom stereocenters. The predicted octanol–water partition coefficient (Wildman–Crippen LogP) is 3.33. The molecule has 1 rings (SSSR count). The number of rotatable bonds is 9. The fourth-order valence-corrected chi connectivity index (χ4v) is 2.06. The van der Waals surface area contributed by atoms with Gasteiger partial charge < -0.3 is 14.8 Å². The minimum atomic E-state index is 0.480. The van der Waals surface area contributed by atoms with Crippen LogP contribution in [0.15, 0.2) is 18.2 Å². The van der Waals surface area contributed by atoms with Crippen LogP contribution in [0.2, 0.25) is 0 Å². The standard InChI is InChI=1S/C15H25NO2S/c1-12(2)16-11-13-6-7-14(15(10-13)17-3)18-8-5-9-19-4/h6-7,10,12,16H,5,8-9,11H2,1-4H3. The molecule has 0 aliphatic carbocycles. The van der Waals surface area contributed by atoms with E-state index in [-0.39, 0.29) is 0 Å². The number of methoxy groups -OCH3 is 1. The Hall–Kier alpha value is -0.870. The van der Waals surface area contributed by atoms with Gasteiger partial charge in [-0.3, -0.25) is 0 Å². The third-order valence-electron chi connectivity index (χ3n) is 2.69. The Balaban J connectivity index is 2.57. The summed E-state index contributed by atoms with van der Waals surface area (Å²) >= 11 is 1.84. The first-order valence-electron chi connectivity index (χ1n) is 6.69. The first-order valence-corrected chi connectivity index (χ1v) is 8.08. The van der Waals surface area contributed by atoms with Crippen molar-refractivity contribution >= 4 is 11.8 Å². The summed E-state index contributed by atoms with van der Waals surface area (Å²) in [5.74, 6) is 2.77. The van der Waals surface area contributed by atoms with Crippen LogP contribution in [0.3, 0.4) is 0 Å². The van der Waals surface area contributed by atoms with Gasteiger partial charge in [0.15, 0.2) is 11.5 Å². The van der Waals surface area contributed by atoms with Gasteiger partial charge in [0.05, 0.1) is 13.7 Å². The van der Waals surface area contributed by atoms with Gasteiger partial charge in [-0.25, -0.2) is 0 Å². The van der Waals surface area contributed by atoms with E-state index in [2.05, 4.69) is 31.5 Å². The molecule has 0 unspecified atom stereocenters. The molecule has 108 valence electrons. The normalized spacial score (nSPS) is 10.8. The van der Waals surface area contributed by atoms with Crippen molar-refractivity contribution in [3.05, 3.63) is 23.8 Å². The van der Waals surface area contributed by atoms with E-state index < -0.39 is 0 Å². The third-order valence-corrected chi connectivity index (χ3v) is 3.39. The molecule has 1 aromatic carbocycles. The third kappa shape index (κ3) is 6.21. The van der Waals surface area contributed by atoms with Gasteiger partial charge in [-0.1, -0.05) is 19.9 Å². The summed E-state index contributed by atoms with van der Waals surface area (Å²) in [5.41, 5.74) is 1.21. The highest BCUT2D eigenvalue weighted by molar-refractivity contribution is 7.98. The van der Waals surface area contributed by atoms with Crippen molar-refractivity contribution in [2.24, 2.45) is 0 Å². The molecule has 0 aliphatic heterocycles. The highest BCUT2D eigenvalue weighted by atomic mass is 32.2. The second-order valence-corrected chi connectivity index (χ2v) is 5.70. The molecule has 0 bridgehead atoms. The van der Waals surface area contributed by atoms with E-state index in [1.54, 1.807) is 7.11 Å². The van der Waals surface area contributed by atoms with Gasteiger partial charge >= 0.3 is 0 Å². The highest BCUT2D eigenvalue weighted by Crippen LogP contribution is 2.28. The lowest BCUT2D eigenvalue weighted by molar-refractivity contribution is 0.295. The van der Waals surface area contributed by atoms with Gasteiger partial charge in [0.25, 0.3) is 0 Å². The molecule has 0 aliphatic rings. The van der Waals surface area contributed by atoms with Crippen molar-refractivity contribution in [1.82, 2.24) is 5.32 Å². The van der Waals surface area contributed by atoms with Crippen molar-refractivity contribution < 1.29 is 9.47 Å². The zero-order valence-corrected chi connectivity index (χ0v) is 13.2. The van der Waals surface area contributed by atoms with E-state index in [0.717, 1.165) is 36.8 Å². The van der Waals surface area contributed by atoms with Gasteiger partial charge in [-0.05, 0) is 36.1 Å². The fourth-order valence-electron chi connectivity index (χ4n) is 1.65. The largest absolute Gasteiger partial charge is 0.493 e. The van der Waals surface area contributed by atoms with Crippen LogP contribution in [0.5, 0.6) is 11.5 Å². The molecule has 19 heavy (non-hydrogen) atoms. The Morgan fingerprint density at radius 1 is 1.26 bits per heavy atom. The van der Waals surface area contributed by atoms with Crippen LogP contribution in [-0.4, -0.2) is 31.8 Å². The predicted molar refractivity (Wildman–Crippen MR) is 83.5 cm³/mol. The number of nitrogens with one attached hydrogen (secondary N) is 1. The van der Waals surface area contributed by atoms with E-state index >= 15 is 0 Å². The van der Waals surface area contributed by atoms with Crippen molar-refractivity contribution in [3.63, 3.8) is 0 Å². The average molecular weight is 283 g/mol. The van der Waals surface area contributed by atoms with Gasteiger partial charge in [0.1, 0.15) is 0 Å². The number of hydrogen-bond acceptors (Lipinski definition) is 4. The van der Waals surface area contributed by atoms with Crippen LogP contribution in [0.1, 0.15) is 25.8 Å². The summed E-state index contributed by atoms with van der Waals surface area (Å²) in [6.07, 6.45) is 3.16. The van der Waals surface area contributed by atoms with E-state index in [1.165, 1.54) is 5.56 Å². The van der Waals surface area contributed by atoms with Crippen molar-refractivity contribution in [1.29, 1.82) is 0 Å². The maximum absolute atomic E-state index is 5.75. The second-order valence-electron chi connectivity index (χ2n) is 4.72. The zero-order chi connectivity index (χ0) is 14.1. The molecule has 0 heterocycles. The minimum absolute atomic E-state index is 0.480. The summed E-state index contributed by atoms with van der Waals surface area (Å²) in [5, 5.41) is 3.39. The van der Waals surface area contributed by atoms with E-state index in [0.29, 0.717) is 6.04 Å². The van der Waals surface area contributed by atoms with E-state index in [1.807, 2.05) is 23.9 Å². The molecule has 4 heteroatoms. The lowest BCUT2D eigenvalue weighted by Crippen LogP contribution is -2.21. The monoisotopic (exact) mass is 283 g/mol. The average Bonchev–Trinajstić information content (AvgIpc) is 2.42. The smallest absolute Gasteiger partial charge is 0.161 e.